The van der Waals surface area contributed by atoms with E-state index in [1.165, 1.54) is 10.6 Å². The SMILES string of the molecule is CNC(=O)[C@@H](NC(=O)[C@H](CCCc1ccccc1)[C@@H](C)N(C=O)OCc1ccccc1)C(C)(C)C. The lowest BCUT2D eigenvalue weighted by atomic mass is 9.85. The highest BCUT2D eigenvalue weighted by atomic mass is 16.7. The molecule has 7 heteroatoms. The lowest BCUT2D eigenvalue weighted by Gasteiger charge is -2.34. The van der Waals surface area contributed by atoms with Gasteiger partial charge in [0.25, 0.3) is 0 Å². The van der Waals surface area contributed by atoms with E-state index in [0.717, 1.165) is 18.4 Å². The van der Waals surface area contributed by atoms with Crippen molar-refractivity contribution in [2.24, 2.45) is 11.3 Å². The van der Waals surface area contributed by atoms with Crippen LogP contribution in [0, 0.1) is 11.3 Å². The molecule has 2 rings (SSSR count). The van der Waals surface area contributed by atoms with Crippen molar-refractivity contribution in [1.29, 1.82) is 0 Å². The van der Waals surface area contributed by atoms with Crippen molar-refractivity contribution in [3.05, 3.63) is 71.8 Å². The molecule has 2 N–H and O–H groups in total. The fraction of sp³-hybridized carbons (Fsp3) is 0.464. The third-order valence-electron chi connectivity index (χ3n) is 6.13. The fourth-order valence-electron chi connectivity index (χ4n) is 3.98. The molecule has 3 amide bonds. The van der Waals surface area contributed by atoms with E-state index in [4.69, 9.17) is 4.84 Å². The molecule has 0 bridgehead atoms. The fourth-order valence-corrected chi connectivity index (χ4v) is 3.98. The van der Waals surface area contributed by atoms with Crippen LogP contribution in [0.2, 0.25) is 0 Å². The zero-order valence-corrected chi connectivity index (χ0v) is 21.5. The van der Waals surface area contributed by atoms with E-state index >= 15 is 0 Å². The molecule has 0 aliphatic heterocycles. The molecular formula is C28H39N3O4. The summed E-state index contributed by atoms with van der Waals surface area (Å²) < 4.78 is 0. The Hall–Kier alpha value is -3.19. The molecule has 7 nitrogen and oxygen atoms in total. The molecule has 2 aromatic carbocycles. The Bertz CT molecular complexity index is 928. The molecule has 0 unspecified atom stereocenters. The largest absolute Gasteiger partial charge is 0.357 e. The number of hydroxylamine groups is 2. The number of likely N-dealkylation sites (N-methyl/N-ethyl adjacent to an activating group) is 1. The zero-order chi connectivity index (χ0) is 25.8. The number of carbonyl (C=O) groups is 3. The number of hydrogen-bond acceptors (Lipinski definition) is 4. The standard InChI is InChI=1S/C28H39N3O4/c1-21(31(20-32)35-19-23-15-10-7-11-16-23)24(18-12-17-22-13-8-6-9-14-22)26(33)30-25(27(34)29-5)28(2,3)4/h6-11,13-16,20-21,24-25H,12,17-19H2,1-5H3,(H,29,34)(H,30,33)/t21-,24-,25-/m1/s1. The van der Waals surface area contributed by atoms with Gasteiger partial charge in [-0.2, -0.15) is 0 Å². The molecule has 2 aromatic rings. The van der Waals surface area contributed by atoms with Gasteiger partial charge in [0.1, 0.15) is 12.6 Å². The summed E-state index contributed by atoms with van der Waals surface area (Å²) >= 11 is 0. The minimum Gasteiger partial charge on any atom is -0.357 e. The van der Waals surface area contributed by atoms with Crippen LogP contribution in [0.5, 0.6) is 0 Å². The van der Waals surface area contributed by atoms with Crippen molar-refractivity contribution in [3.8, 4) is 0 Å². The maximum absolute atomic E-state index is 13.5. The van der Waals surface area contributed by atoms with E-state index in [-0.39, 0.29) is 18.4 Å². The Balaban J connectivity index is 2.18. The average Bonchev–Trinajstić information content (AvgIpc) is 2.85. The Morgan fingerprint density at radius 2 is 1.54 bits per heavy atom. The molecule has 0 saturated heterocycles. The Labute approximate surface area is 209 Å². The van der Waals surface area contributed by atoms with Crippen LogP contribution in [0.15, 0.2) is 60.7 Å². The van der Waals surface area contributed by atoms with Gasteiger partial charge in [-0.1, -0.05) is 81.4 Å². The smallest absolute Gasteiger partial charge is 0.242 e. The van der Waals surface area contributed by atoms with Gasteiger partial charge >= 0.3 is 0 Å². The topological polar surface area (TPSA) is 87.7 Å². The maximum atomic E-state index is 13.5. The quantitative estimate of drug-likeness (QED) is 0.336. The Morgan fingerprint density at radius 1 is 0.971 bits per heavy atom. The summed E-state index contributed by atoms with van der Waals surface area (Å²) in [6, 6.07) is 18.4. The number of amides is 3. The third kappa shape index (κ3) is 8.83. The third-order valence-corrected chi connectivity index (χ3v) is 6.13. The van der Waals surface area contributed by atoms with E-state index in [0.29, 0.717) is 12.8 Å². The van der Waals surface area contributed by atoms with Gasteiger partial charge in [-0.25, -0.2) is 5.06 Å². The summed E-state index contributed by atoms with van der Waals surface area (Å²) in [5.41, 5.74) is 1.62. The minimum atomic E-state index is -0.709. The van der Waals surface area contributed by atoms with Crippen LogP contribution in [0.4, 0.5) is 0 Å². The van der Waals surface area contributed by atoms with Crippen LogP contribution in [0.25, 0.3) is 0 Å². The van der Waals surface area contributed by atoms with Crippen molar-refractivity contribution in [3.63, 3.8) is 0 Å². The minimum absolute atomic E-state index is 0.213. The molecule has 0 aromatic heterocycles. The van der Waals surface area contributed by atoms with Gasteiger partial charge in [0.05, 0.1) is 12.0 Å². The van der Waals surface area contributed by atoms with Gasteiger partial charge in [-0.05, 0) is 42.7 Å². The summed E-state index contributed by atoms with van der Waals surface area (Å²) in [5.74, 6) is -1.09. The number of nitrogens with zero attached hydrogens (tertiary/aromatic N) is 1. The van der Waals surface area contributed by atoms with Crippen LogP contribution >= 0.6 is 0 Å². The molecule has 0 fully saturated rings. The van der Waals surface area contributed by atoms with Gasteiger partial charge in [-0.15, -0.1) is 0 Å². The van der Waals surface area contributed by atoms with Crippen LogP contribution < -0.4 is 10.6 Å². The second kappa shape index (κ2) is 13.6. The first-order chi connectivity index (χ1) is 16.7. The number of hydrogen-bond donors (Lipinski definition) is 2. The van der Waals surface area contributed by atoms with Gasteiger partial charge in [0.2, 0.25) is 18.2 Å². The molecule has 0 aliphatic carbocycles. The molecule has 35 heavy (non-hydrogen) atoms. The predicted octanol–water partition coefficient (Wildman–Crippen LogP) is 3.88. The second-order valence-corrected chi connectivity index (χ2v) is 9.87. The molecule has 190 valence electrons. The van der Waals surface area contributed by atoms with Crippen molar-refractivity contribution in [2.75, 3.05) is 7.05 Å². The van der Waals surface area contributed by atoms with E-state index in [9.17, 15) is 14.4 Å². The van der Waals surface area contributed by atoms with Gasteiger partial charge in [-0.3, -0.25) is 19.2 Å². The predicted molar refractivity (Wildman–Crippen MR) is 137 cm³/mol. The molecule has 3 atom stereocenters. The Morgan fingerprint density at radius 3 is 2.06 bits per heavy atom. The lowest BCUT2D eigenvalue weighted by Crippen LogP contribution is -2.56. The first kappa shape index (κ1) is 28.1. The molecule has 0 radical (unpaired) electrons. The normalized spacial score (nSPS) is 13.9. The molecule has 0 saturated carbocycles. The van der Waals surface area contributed by atoms with Crippen LogP contribution in [0.1, 0.15) is 51.7 Å². The summed E-state index contributed by atoms with van der Waals surface area (Å²) in [7, 11) is 1.55. The maximum Gasteiger partial charge on any atom is 0.242 e. The molecule has 0 aliphatic rings. The van der Waals surface area contributed by atoms with E-state index in [1.807, 2.05) is 69.3 Å². The van der Waals surface area contributed by atoms with Crippen LogP contribution in [-0.2, 0) is 32.2 Å². The molecular weight excluding hydrogens is 442 g/mol. The number of carbonyl (C=O) groups excluding carboxylic acids is 3. The molecule has 0 spiro atoms. The summed E-state index contributed by atoms with van der Waals surface area (Å²) in [4.78, 5) is 43.7. The second-order valence-electron chi connectivity index (χ2n) is 9.87. The van der Waals surface area contributed by atoms with Gasteiger partial charge in [0.15, 0.2) is 0 Å². The average molecular weight is 482 g/mol. The number of nitrogens with one attached hydrogen (secondary N) is 2. The van der Waals surface area contributed by atoms with Crippen molar-refractivity contribution >= 4 is 18.2 Å². The monoisotopic (exact) mass is 481 g/mol. The van der Waals surface area contributed by atoms with Crippen molar-refractivity contribution < 1.29 is 19.2 Å². The number of aryl methyl sites for hydroxylation is 1. The van der Waals surface area contributed by atoms with E-state index < -0.39 is 23.4 Å². The summed E-state index contributed by atoms with van der Waals surface area (Å²) in [6.07, 6.45) is 2.70. The highest BCUT2D eigenvalue weighted by Crippen LogP contribution is 2.23. The molecule has 0 heterocycles. The lowest BCUT2D eigenvalue weighted by molar-refractivity contribution is -0.197. The van der Waals surface area contributed by atoms with E-state index in [1.54, 1.807) is 14.0 Å². The van der Waals surface area contributed by atoms with E-state index in [2.05, 4.69) is 22.8 Å². The first-order valence-corrected chi connectivity index (χ1v) is 12.1. The number of benzene rings is 2. The Kier molecular flexibility index (Phi) is 10.9. The van der Waals surface area contributed by atoms with Crippen molar-refractivity contribution in [1.82, 2.24) is 15.7 Å². The van der Waals surface area contributed by atoms with Crippen LogP contribution in [-0.4, -0.2) is 42.4 Å². The first-order valence-electron chi connectivity index (χ1n) is 12.1. The summed E-state index contributed by atoms with van der Waals surface area (Å²) in [5, 5.41) is 6.79. The van der Waals surface area contributed by atoms with Gasteiger partial charge < -0.3 is 10.6 Å². The van der Waals surface area contributed by atoms with Gasteiger partial charge in [0, 0.05) is 7.05 Å². The highest BCUT2D eigenvalue weighted by Gasteiger charge is 2.36. The zero-order valence-electron chi connectivity index (χ0n) is 21.5. The highest BCUT2D eigenvalue weighted by molar-refractivity contribution is 5.89. The van der Waals surface area contributed by atoms with Crippen LogP contribution in [0.3, 0.4) is 0 Å². The summed E-state index contributed by atoms with van der Waals surface area (Å²) in [6.45, 7) is 7.73. The number of rotatable bonds is 13. The van der Waals surface area contributed by atoms with Crippen molar-refractivity contribution in [2.45, 2.75) is 65.6 Å².